The standard InChI is InChI=1S/C18H24N8/c1-14-8-20-17(22-15-9-21-24(2)10-15)23-16(14)26-12-18(13-26)4-7-25(11-18)6-3-5-19/h8-10H,3-4,6-7,11-13H2,1-2H3,(H,20,22,23). The molecular weight excluding hydrogens is 328 g/mol. The predicted molar refractivity (Wildman–Crippen MR) is 99.2 cm³/mol. The number of aryl methyl sites for hydroxylation is 2. The van der Waals surface area contributed by atoms with Crippen LogP contribution in [0, 0.1) is 23.7 Å². The monoisotopic (exact) mass is 352 g/mol. The fourth-order valence-electron chi connectivity index (χ4n) is 4.03. The molecular formula is C18H24N8. The van der Waals surface area contributed by atoms with Crippen LogP contribution in [0.3, 0.4) is 0 Å². The molecule has 4 heterocycles. The molecule has 0 unspecified atom stereocenters. The van der Waals surface area contributed by atoms with Crippen molar-refractivity contribution in [1.82, 2.24) is 24.6 Å². The highest BCUT2D eigenvalue weighted by Gasteiger charge is 2.48. The molecule has 1 spiro atoms. The van der Waals surface area contributed by atoms with Crippen LogP contribution >= 0.6 is 0 Å². The van der Waals surface area contributed by atoms with Crippen molar-refractivity contribution in [3.63, 3.8) is 0 Å². The summed E-state index contributed by atoms with van der Waals surface area (Å²) in [6, 6.07) is 2.25. The van der Waals surface area contributed by atoms with Gasteiger partial charge in [0.25, 0.3) is 0 Å². The summed E-state index contributed by atoms with van der Waals surface area (Å²) in [6.45, 7) is 7.20. The third-order valence-corrected chi connectivity index (χ3v) is 5.32. The van der Waals surface area contributed by atoms with E-state index in [2.05, 4.69) is 38.2 Å². The molecule has 4 rings (SSSR count). The maximum absolute atomic E-state index is 8.77. The highest BCUT2D eigenvalue weighted by molar-refractivity contribution is 5.56. The van der Waals surface area contributed by atoms with Gasteiger partial charge in [0.05, 0.1) is 18.0 Å². The summed E-state index contributed by atoms with van der Waals surface area (Å²) >= 11 is 0. The number of aromatic nitrogens is 4. The molecule has 2 aromatic heterocycles. The predicted octanol–water partition coefficient (Wildman–Crippen LogP) is 1.69. The molecule has 0 aliphatic carbocycles. The average molecular weight is 352 g/mol. The summed E-state index contributed by atoms with van der Waals surface area (Å²) in [5.41, 5.74) is 2.34. The highest BCUT2D eigenvalue weighted by atomic mass is 15.3. The molecule has 2 aliphatic rings. The van der Waals surface area contributed by atoms with Crippen LogP contribution in [0.15, 0.2) is 18.6 Å². The van der Waals surface area contributed by atoms with E-state index in [1.807, 2.05) is 19.4 Å². The van der Waals surface area contributed by atoms with Crippen molar-refractivity contribution < 1.29 is 0 Å². The maximum atomic E-state index is 8.77. The molecule has 8 nitrogen and oxygen atoms in total. The van der Waals surface area contributed by atoms with Crippen LogP contribution in [0.5, 0.6) is 0 Å². The van der Waals surface area contributed by atoms with Crippen LogP contribution < -0.4 is 10.2 Å². The zero-order valence-electron chi connectivity index (χ0n) is 15.3. The smallest absolute Gasteiger partial charge is 0.229 e. The first-order chi connectivity index (χ1) is 12.6. The van der Waals surface area contributed by atoms with Gasteiger partial charge in [-0.25, -0.2) is 4.98 Å². The minimum absolute atomic E-state index is 0.365. The topological polar surface area (TPSA) is 85.9 Å². The Morgan fingerprint density at radius 3 is 2.88 bits per heavy atom. The summed E-state index contributed by atoms with van der Waals surface area (Å²) < 4.78 is 1.74. The SMILES string of the molecule is Cc1cnc(Nc2cnn(C)c2)nc1N1CC2(CCN(CCC#N)C2)C1. The first-order valence-corrected chi connectivity index (χ1v) is 9.00. The second-order valence-corrected chi connectivity index (χ2v) is 7.52. The number of anilines is 3. The Morgan fingerprint density at radius 1 is 1.31 bits per heavy atom. The van der Waals surface area contributed by atoms with E-state index in [4.69, 9.17) is 10.2 Å². The van der Waals surface area contributed by atoms with Crippen LogP contribution in [-0.2, 0) is 7.05 Å². The number of likely N-dealkylation sites (tertiary alicyclic amines) is 1. The lowest BCUT2D eigenvalue weighted by atomic mass is 9.79. The molecule has 8 heteroatoms. The average Bonchev–Trinajstić information content (AvgIpc) is 3.20. The number of hydrogen-bond acceptors (Lipinski definition) is 7. The molecule has 2 saturated heterocycles. The Morgan fingerprint density at radius 2 is 2.15 bits per heavy atom. The van der Waals surface area contributed by atoms with Gasteiger partial charge >= 0.3 is 0 Å². The van der Waals surface area contributed by atoms with Gasteiger partial charge in [0, 0.05) is 63.0 Å². The van der Waals surface area contributed by atoms with Gasteiger partial charge in [0.1, 0.15) is 5.82 Å². The fraction of sp³-hybridized carbons (Fsp3) is 0.556. The van der Waals surface area contributed by atoms with E-state index >= 15 is 0 Å². The zero-order chi connectivity index (χ0) is 18.1. The number of nitrogens with zero attached hydrogens (tertiary/aromatic N) is 7. The molecule has 2 aromatic rings. The van der Waals surface area contributed by atoms with Crippen LogP contribution in [0.1, 0.15) is 18.4 Å². The van der Waals surface area contributed by atoms with Gasteiger partial charge in [-0.1, -0.05) is 0 Å². The Kier molecular flexibility index (Phi) is 4.24. The van der Waals surface area contributed by atoms with Gasteiger partial charge in [0.15, 0.2) is 0 Å². The summed E-state index contributed by atoms with van der Waals surface area (Å²) in [5, 5.41) is 16.1. The first kappa shape index (κ1) is 16.8. The molecule has 2 aliphatic heterocycles. The molecule has 0 amide bonds. The molecule has 2 fully saturated rings. The third-order valence-electron chi connectivity index (χ3n) is 5.32. The Balaban J connectivity index is 1.41. The van der Waals surface area contributed by atoms with Gasteiger partial charge in [-0.2, -0.15) is 15.3 Å². The van der Waals surface area contributed by atoms with Crippen LogP contribution in [0.4, 0.5) is 17.5 Å². The van der Waals surface area contributed by atoms with Crippen molar-refractivity contribution in [3.05, 3.63) is 24.2 Å². The fourth-order valence-corrected chi connectivity index (χ4v) is 4.03. The molecule has 0 saturated carbocycles. The largest absolute Gasteiger partial charge is 0.355 e. The first-order valence-electron chi connectivity index (χ1n) is 9.00. The minimum Gasteiger partial charge on any atom is -0.355 e. The normalized spacial score (nSPS) is 18.7. The highest BCUT2D eigenvalue weighted by Crippen LogP contribution is 2.42. The molecule has 136 valence electrons. The molecule has 0 aromatic carbocycles. The van der Waals surface area contributed by atoms with E-state index in [1.54, 1.807) is 10.9 Å². The van der Waals surface area contributed by atoms with Gasteiger partial charge in [-0.15, -0.1) is 0 Å². The second kappa shape index (κ2) is 6.57. The van der Waals surface area contributed by atoms with Crippen LogP contribution in [-0.4, -0.2) is 57.4 Å². The minimum atomic E-state index is 0.365. The van der Waals surface area contributed by atoms with E-state index < -0.39 is 0 Å². The quantitative estimate of drug-likeness (QED) is 0.876. The van der Waals surface area contributed by atoms with E-state index in [9.17, 15) is 0 Å². The summed E-state index contributed by atoms with van der Waals surface area (Å²) in [5.74, 6) is 1.61. The number of nitrogens with one attached hydrogen (secondary N) is 1. The van der Waals surface area contributed by atoms with Crippen molar-refractivity contribution in [1.29, 1.82) is 5.26 Å². The van der Waals surface area contributed by atoms with E-state index in [-0.39, 0.29) is 0 Å². The van der Waals surface area contributed by atoms with Gasteiger partial charge < -0.3 is 15.1 Å². The van der Waals surface area contributed by atoms with E-state index in [0.29, 0.717) is 17.8 Å². The lowest BCUT2D eigenvalue weighted by molar-refractivity contribution is 0.205. The molecule has 0 atom stereocenters. The summed E-state index contributed by atoms with van der Waals surface area (Å²) in [6.07, 6.45) is 7.36. The Bertz CT molecular complexity index is 830. The zero-order valence-corrected chi connectivity index (χ0v) is 15.3. The van der Waals surface area contributed by atoms with Crippen molar-refractivity contribution in [2.45, 2.75) is 19.8 Å². The van der Waals surface area contributed by atoms with Crippen molar-refractivity contribution in [2.24, 2.45) is 12.5 Å². The number of hydrogen-bond donors (Lipinski definition) is 1. The molecule has 0 radical (unpaired) electrons. The second-order valence-electron chi connectivity index (χ2n) is 7.52. The van der Waals surface area contributed by atoms with Crippen LogP contribution in [0.2, 0.25) is 0 Å². The molecule has 26 heavy (non-hydrogen) atoms. The number of nitriles is 1. The van der Waals surface area contributed by atoms with Crippen LogP contribution in [0.25, 0.3) is 0 Å². The lowest BCUT2D eigenvalue weighted by Gasteiger charge is -2.49. The van der Waals surface area contributed by atoms with Gasteiger partial charge in [-0.3, -0.25) is 4.68 Å². The third kappa shape index (κ3) is 3.22. The molecule has 0 bridgehead atoms. The van der Waals surface area contributed by atoms with E-state index in [0.717, 1.165) is 49.8 Å². The van der Waals surface area contributed by atoms with Gasteiger partial charge in [0.2, 0.25) is 5.95 Å². The lowest BCUT2D eigenvalue weighted by Crippen LogP contribution is -2.58. The van der Waals surface area contributed by atoms with E-state index in [1.165, 1.54) is 6.42 Å². The Labute approximate surface area is 153 Å². The van der Waals surface area contributed by atoms with Crippen molar-refractivity contribution >= 4 is 17.5 Å². The summed E-state index contributed by atoms with van der Waals surface area (Å²) in [4.78, 5) is 13.9. The van der Waals surface area contributed by atoms with Crippen molar-refractivity contribution in [3.8, 4) is 6.07 Å². The van der Waals surface area contributed by atoms with Crippen molar-refractivity contribution in [2.75, 3.05) is 42.9 Å². The van der Waals surface area contributed by atoms with Gasteiger partial charge in [-0.05, 0) is 19.9 Å². The maximum Gasteiger partial charge on any atom is 0.229 e. The number of rotatable bonds is 5. The summed E-state index contributed by atoms with van der Waals surface area (Å²) in [7, 11) is 1.88. The molecule has 1 N–H and O–H groups in total. The Hall–Kier alpha value is -2.66.